The summed E-state index contributed by atoms with van der Waals surface area (Å²) in [5, 5.41) is 8.63. The fraction of sp³-hybridized carbons (Fsp3) is 0.250. The molecule has 2 aromatic rings. The maximum Gasteiger partial charge on any atom is 0.115 e. The minimum absolute atomic E-state index is 0.322. The van der Waals surface area contributed by atoms with E-state index in [2.05, 4.69) is 38.1 Å². The predicted molar refractivity (Wildman–Crippen MR) is 73.3 cm³/mol. The summed E-state index contributed by atoms with van der Waals surface area (Å²) in [6.45, 7) is 4.33. The fourth-order valence-electron chi connectivity index (χ4n) is 1.47. The van der Waals surface area contributed by atoms with Crippen LogP contribution in [0.5, 0.6) is 5.75 Å². The Bertz CT molecular complexity index is 403. The van der Waals surface area contributed by atoms with Gasteiger partial charge in [0.1, 0.15) is 5.75 Å². The molecule has 0 saturated carbocycles. The Morgan fingerprint density at radius 1 is 0.882 bits per heavy atom. The SMILES string of the molecule is CCCc1ccc(C)cc1.Oc1ccccc1. The third-order valence-corrected chi connectivity index (χ3v) is 2.42. The van der Waals surface area contributed by atoms with Gasteiger partial charge in [-0.2, -0.15) is 0 Å². The fourth-order valence-corrected chi connectivity index (χ4v) is 1.47. The third-order valence-electron chi connectivity index (χ3n) is 2.42. The Balaban J connectivity index is 0.000000181. The van der Waals surface area contributed by atoms with Gasteiger partial charge < -0.3 is 5.11 Å². The smallest absolute Gasteiger partial charge is 0.115 e. The number of phenols is 1. The van der Waals surface area contributed by atoms with Gasteiger partial charge in [0.25, 0.3) is 0 Å². The average molecular weight is 228 g/mol. The maximum atomic E-state index is 8.63. The Labute approximate surface area is 104 Å². The van der Waals surface area contributed by atoms with Gasteiger partial charge in [-0.3, -0.25) is 0 Å². The van der Waals surface area contributed by atoms with E-state index >= 15 is 0 Å². The lowest BCUT2D eigenvalue weighted by Gasteiger charge is -1.97. The van der Waals surface area contributed by atoms with E-state index < -0.39 is 0 Å². The molecule has 0 radical (unpaired) electrons. The molecule has 0 unspecified atom stereocenters. The van der Waals surface area contributed by atoms with Crippen molar-refractivity contribution in [2.24, 2.45) is 0 Å². The van der Waals surface area contributed by atoms with Crippen LogP contribution in [0.4, 0.5) is 0 Å². The summed E-state index contributed by atoms with van der Waals surface area (Å²) in [7, 11) is 0. The molecule has 1 N–H and O–H groups in total. The van der Waals surface area contributed by atoms with E-state index in [0.29, 0.717) is 5.75 Å². The molecule has 0 fully saturated rings. The van der Waals surface area contributed by atoms with E-state index in [1.165, 1.54) is 24.0 Å². The number of rotatable bonds is 2. The molecule has 0 aliphatic carbocycles. The van der Waals surface area contributed by atoms with Crippen LogP contribution >= 0.6 is 0 Å². The Kier molecular flexibility index (Phi) is 5.87. The van der Waals surface area contributed by atoms with Crippen molar-refractivity contribution in [3.63, 3.8) is 0 Å². The molecular weight excluding hydrogens is 208 g/mol. The van der Waals surface area contributed by atoms with Gasteiger partial charge in [-0.05, 0) is 31.0 Å². The molecule has 0 amide bonds. The van der Waals surface area contributed by atoms with Crippen LogP contribution in [0, 0.1) is 6.92 Å². The molecule has 0 heterocycles. The lowest BCUT2D eigenvalue weighted by Crippen LogP contribution is -1.81. The van der Waals surface area contributed by atoms with E-state index in [9.17, 15) is 0 Å². The highest BCUT2D eigenvalue weighted by atomic mass is 16.3. The lowest BCUT2D eigenvalue weighted by atomic mass is 10.1. The zero-order valence-corrected chi connectivity index (χ0v) is 10.6. The first-order valence-electron chi connectivity index (χ1n) is 6.02. The highest BCUT2D eigenvalue weighted by molar-refractivity contribution is 5.21. The molecule has 2 rings (SSSR count). The highest BCUT2D eigenvalue weighted by Gasteiger charge is 1.88. The number of aryl methyl sites for hydroxylation is 2. The summed E-state index contributed by atoms with van der Waals surface area (Å²) in [6, 6.07) is 17.5. The van der Waals surface area contributed by atoms with Crippen LogP contribution in [0.15, 0.2) is 54.6 Å². The number of hydrogen-bond acceptors (Lipinski definition) is 1. The minimum atomic E-state index is 0.322. The summed E-state index contributed by atoms with van der Waals surface area (Å²) < 4.78 is 0. The molecule has 0 bridgehead atoms. The van der Waals surface area contributed by atoms with E-state index in [0.717, 1.165) is 0 Å². The summed E-state index contributed by atoms with van der Waals surface area (Å²) in [4.78, 5) is 0. The van der Waals surface area contributed by atoms with Crippen molar-refractivity contribution in [1.29, 1.82) is 0 Å². The molecule has 90 valence electrons. The standard InChI is InChI=1S/C10H14.C6H6O/c1-3-4-10-7-5-9(2)6-8-10;7-6-4-2-1-3-5-6/h5-8H,3-4H2,1-2H3;1-5,7H. The van der Waals surface area contributed by atoms with Crippen molar-refractivity contribution in [1.82, 2.24) is 0 Å². The van der Waals surface area contributed by atoms with Gasteiger partial charge >= 0.3 is 0 Å². The number of hydrogen-bond donors (Lipinski definition) is 1. The molecule has 1 nitrogen and oxygen atoms in total. The second-order valence-electron chi connectivity index (χ2n) is 4.07. The monoisotopic (exact) mass is 228 g/mol. The normalized spacial score (nSPS) is 9.29. The van der Waals surface area contributed by atoms with Gasteiger partial charge in [0.15, 0.2) is 0 Å². The first-order valence-corrected chi connectivity index (χ1v) is 6.02. The second kappa shape index (κ2) is 7.50. The van der Waals surface area contributed by atoms with Crippen molar-refractivity contribution in [3.05, 3.63) is 65.7 Å². The van der Waals surface area contributed by atoms with Crippen molar-refractivity contribution < 1.29 is 5.11 Å². The second-order valence-corrected chi connectivity index (χ2v) is 4.07. The van der Waals surface area contributed by atoms with Gasteiger partial charge in [0.2, 0.25) is 0 Å². The average Bonchev–Trinajstić information content (AvgIpc) is 2.34. The number of benzene rings is 2. The largest absolute Gasteiger partial charge is 0.508 e. The summed E-state index contributed by atoms with van der Waals surface area (Å²) in [6.07, 6.45) is 2.45. The predicted octanol–water partition coefficient (Wildman–Crippen LogP) is 4.34. The Morgan fingerprint density at radius 2 is 1.47 bits per heavy atom. The van der Waals surface area contributed by atoms with Gasteiger partial charge in [-0.1, -0.05) is 61.4 Å². The molecule has 0 aromatic heterocycles. The molecule has 0 spiro atoms. The van der Waals surface area contributed by atoms with E-state index in [1.807, 2.05) is 6.07 Å². The molecule has 0 saturated heterocycles. The van der Waals surface area contributed by atoms with Gasteiger partial charge in [-0.25, -0.2) is 0 Å². The van der Waals surface area contributed by atoms with Crippen LogP contribution in [0.3, 0.4) is 0 Å². The molecule has 2 aromatic carbocycles. The number of phenolic OH excluding ortho intramolecular Hbond substituents is 1. The number of aromatic hydroxyl groups is 1. The zero-order valence-electron chi connectivity index (χ0n) is 10.6. The van der Waals surface area contributed by atoms with Crippen LogP contribution in [0.2, 0.25) is 0 Å². The number of para-hydroxylation sites is 1. The third kappa shape index (κ3) is 5.76. The lowest BCUT2D eigenvalue weighted by molar-refractivity contribution is 0.475. The van der Waals surface area contributed by atoms with E-state index in [4.69, 9.17) is 5.11 Å². The van der Waals surface area contributed by atoms with Crippen LogP contribution in [0.1, 0.15) is 24.5 Å². The maximum absolute atomic E-state index is 8.63. The summed E-state index contributed by atoms with van der Waals surface area (Å²) in [5.41, 5.74) is 2.80. The molecule has 0 atom stereocenters. The molecule has 1 heteroatoms. The van der Waals surface area contributed by atoms with E-state index in [-0.39, 0.29) is 0 Å². The van der Waals surface area contributed by atoms with Gasteiger partial charge in [-0.15, -0.1) is 0 Å². The van der Waals surface area contributed by atoms with Gasteiger partial charge in [0, 0.05) is 0 Å². The summed E-state index contributed by atoms with van der Waals surface area (Å²) in [5.74, 6) is 0.322. The van der Waals surface area contributed by atoms with Crippen LogP contribution in [-0.2, 0) is 6.42 Å². The van der Waals surface area contributed by atoms with Crippen molar-refractivity contribution >= 4 is 0 Å². The summed E-state index contributed by atoms with van der Waals surface area (Å²) >= 11 is 0. The minimum Gasteiger partial charge on any atom is -0.508 e. The van der Waals surface area contributed by atoms with Gasteiger partial charge in [0.05, 0.1) is 0 Å². The van der Waals surface area contributed by atoms with Crippen molar-refractivity contribution in [3.8, 4) is 5.75 Å². The first-order chi connectivity index (χ1) is 8.22. The van der Waals surface area contributed by atoms with Crippen molar-refractivity contribution in [2.45, 2.75) is 26.7 Å². The van der Waals surface area contributed by atoms with E-state index in [1.54, 1.807) is 24.3 Å². The van der Waals surface area contributed by atoms with Crippen LogP contribution < -0.4 is 0 Å². The highest BCUT2D eigenvalue weighted by Crippen LogP contribution is 2.04. The van der Waals surface area contributed by atoms with Crippen LogP contribution in [-0.4, -0.2) is 5.11 Å². The zero-order chi connectivity index (χ0) is 12.5. The van der Waals surface area contributed by atoms with Crippen LogP contribution in [0.25, 0.3) is 0 Å². The molecular formula is C16H20O. The molecule has 17 heavy (non-hydrogen) atoms. The molecule has 0 aliphatic rings. The Hall–Kier alpha value is -1.76. The molecule has 0 aliphatic heterocycles. The topological polar surface area (TPSA) is 20.2 Å². The quantitative estimate of drug-likeness (QED) is 0.810. The van der Waals surface area contributed by atoms with Crippen molar-refractivity contribution in [2.75, 3.05) is 0 Å². The Morgan fingerprint density at radius 3 is 1.88 bits per heavy atom. The first kappa shape index (κ1) is 13.3.